The molecule has 4 nitrogen and oxygen atoms in total. The van der Waals surface area contributed by atoms with Crippen LogP contribution in [-0.2, 0) is 0 Å². The van der Waals surface area contributed by atoms with Crippen LogP contribution >= 0.6 is 11.6 Å². The van der Waals surface area contributed by atoms with Gasteiger partial charge >= 0.3 is 0 Å². The standard InChI is InChI=1S/C15H11ClN2O2/c1-2-20-15-11(8-17)13(10-6-4-3-5-7-10)12(9-19)14(16)18-15/h3-7,9H,2H2,1H3. The number of pyridine rings is 1. The highest BCUT2D eigenvalue weighted by Gasteiger charge is 2.20. The summed E-state index contributed by atoms with van der Waals surface area (Å²) in [6.07, 6.45) is 0.605. The van der Waals surface area contributed by atoms with Gasteiger partial charge in [0.15, 0.2) is 6.29 Å². The predicted octanol–water partition coefficient (Wildman–Crippen LogP) is 3.48. The topological polar surface area (TPSA) is 63.0 Å². The normalized spacial score (nSPS) is 9.85. The van der Waals surface area contributed by atoms with E-state index in [1.807, 2.05) is 24.3 Å². The Bertz CT molecular complexity index is 679. The molecule has 0 bridgehead atoms. The minimum atomic E-state index is 0.0290. The van der Waals surface area contributed by atoms with Crippen LogP contribution in [0.1, 0.15) is 22.8 Å². The summed E-state index contributed by atoms with van der Waals surface area (Å²) in [5.74, 6) is 0.143. The quantitative estimate of drug-likeness (QED) is 0.637. The van der Waals surface area contributed by atoms with Gasteiger partial charge in [0.2, 0.25) is 5.88 Å². The van der Waals surface area contributed by atoms with E-state index >= 15 is 0 Å². The lowest BCUT2D eigenvalue weighted by molar-refractivity contribution is 0.112. The summed E-state index contributed by atoms with van der Waals surface area (Å²) in [6.45, 7) is 2.14. The van der Waals surface area contributed by atoms with Crippen LogP contribution in [-0.4, -0.2) is 17.9 Å². The number of rotatable bonds is 4. The van der Waals surface area contributed by atoms with Gasteiger partial charge in [-0.15, -0.1) is 0 Å². The van der Waals surface area contributed by atoms with E-state index in [0.29, 0.717) is 18.5 Å². The number of aromatic nitrogens is 1. The van der Waals surface area contributed by atoms with Crippen LogP contribution in [0.3, 0.4) is 0 Å². The first-order valence-electron chi connectivity index (χ1n) is 5.99. The molecule has 0 aliphatic rings. The Balaban J connectivity index is 2.82. The van der Waals surface area contributed by atoms with Gasteiger partial charge in [-0.1, -0.05) is 41.9 Å². The predicted molar refractivity (Wildman–Crippen MR) is 76.0 cm³/mol. The van der Waals surface area contributed by atoms with Crippen LogP contribution in [0.2, 0.25) is 5.15 Å². The second-order valence-corrected chi connectivity index (χ2v) is 4.26. The van der Waals surface area contributed by atoms with Gasteiger partial charge < -0.3 is 4.74 Å². The van der Waals surface area contributed by atoms with Gasteiger partial charge in [-0.05, 0) is 12.5 Å². The fourth-order valence-corrected chi connectivity index (χ4v) is 2.12. The third-order valence-electron chi connectivity index (χ3n) is 2.73. The first-order chi connectivity index (χ1) is 9.72. The molecule has 2 rings (SSSR count). The number of carbonyl (C=O) groups excluding carboxylic acids is 1. The molecule has 20 heavy (non-hydrogen) atoms. The number of benzene rings is 1. The van der Waals surface area contributed by atoms with Crippen molar-refractivity contribution in [1.82, 2.24) is 4.98 Å². The second-order valence-electron chi connectivity index (χ2n) is 3.90. The molecule has 0 spiro atoms. The molecule has 0 aliphatic carbocycles. The number of aldehydes is 1. The van der Waals surface area contributed by atoms with Crippen LogP contribution < -0.4 is 4.74 Å². The van der Waals surface area contributed by atoms with Crippen molar-refractivity contribution >= 4 is 17.9 Å². The summed E-state index contributed by atoms with van der Waals surface area (Å²) < 4.78 is 5.34. The fourth-order valence-electron chi connectivity index (χ4n) is 1.91. The van der Waals surface area contributed by atoms with Gasteiger partial charge in [-0.25, -0.2) is 0 Å². The van der Waals surface area contributed by atoms with Crippen molar-refractivity contribution in [3.63, 3.8) is 0 Å². The van der Waals surface area contributed by atoms with Gasteiger partial charge in [-0.2, -0.15) is 10.2 Å². The third kappa shape index (κ3) is 2.49. The van der Waals surface area contributed by atoms with Gasteiger partial charge in [0.1, 0.15) is 16.8 Å². The van der Waals surface area contributed by atoms with Gasteiger partial charge in [0.05, 0.1) is 12.2 Å². The zero-order valence-corrected chi connectivity index (χ0v) is 11.5. The molecule has 5 heteroatoms. The third-order valence-corrected chi connectivity index (χ3v) is 3.02. The highest BCUT2D eigenvalue weighted by Crippen LogP contribution is 2.35. The van der Waals surface area contributed by atoms with E-state index in [4.69, 9.17) is 16.3 Å². The number of hydrogen-bond acceptors (Lipinski definition) is 4. The van der Waals surface area contributed by atoms with Crippen molar-refractivity contribution in [2.45, 2.75) is 6.92 Å². The number of nitriles is 1. The molecule has 0 saturated carbocycles. The SMILES string of the molecule is CCOc1nc(Cl)c(C=O)c(-c2ccccc2)c1C#N. The Labute approximate surface area is 121 Å². The van der Waals surface area contributed by atoms with Crippen LogP contribution in [0.4, 0.5) is 0 Å². The molecule has 1 heterocycles. The van der Waals surface area contributed by atoms with Crippen molar-refractivity contribution < 1.29 is 9.53 Å². The molecule has 0 atom stereocenters. The fraction of sp³-hybridized carbons (Fsp3) is 0.133. The van der Waals surface area contributed by atoms with E-state index in [0.717, 1.165) is 5.56 Å². The van der Waals surface area contributed by atoms with Gasteiger partial charge in [0, 0.05) is 5.56 Å². The van der Waals surface area contributed by atoms with Crippen molar-refractivity contribution in [1.29, 1.82) is 5.26 Å². The minimum absolute atomic E-state index is 0.0290. The maximum absolute atomic E-state index is 11.3. The number of halogens is 1. The minimum Gasteiger partial charge on any atom is -0.477 e. The van der Waals surface area contributed by atoms with Gasteiger partial charge in [0.25, 0.3) is 0 Å². The van der Waals surface area contributed by atoms with Crippen molar-refractivity contribution in [2.75, 3.05) is 6.61 Å². The van der Waals surface area contributed by atoms with Crippen LogP contribution in [0.5, 0.6) is 5.88 Å². The number of nitrogens with zero attached hydrogens (tertiary/aromatic N) is 2. The lowest BCUT2D eigenvalue weighted by atomic mass is 9.97. The molecule has 2 aromatic rings. The van der Waals surface area contributed by atoms with E-state index in [9.17, 15) is 10.1 Å². The molecule has 1 aromatic heterocycles. The maximum Gasteiger partial charge on any atom is 0.233 e. The summed E-state index contributed by atoms with van der Waals surface area (Å²) in [6, 6.07) is 11.1. The molecule has 0 aliphatic heterocycles. The molecule has 0 amide bonds. The molecule has 1 aromatic carbocycles. The summed E-state index contributed by atoms with van der Waals surface area (Å²) >= 11 is 6.02. The smallest absolute Gasteiger partial charge is 0.233 e. The van der Waals surface area contributed by atoms with E-state index in [2.05, 4.69) is 4.98 Å². The molecule has 0 unspecified atom stereocenters. The molecule has 0 fully saturated rings. The molecule has 0 saturated heterocycles. The van der Waals surface area contributed by atoms with E-state index in [1.54, 1.807) is 19.1 Å². The Kier molecular flexibility index (Phi) is 4.34. The highest BCUT2D eigenvalue weighted by molar-refractivity contribution is 6.32. The summed E-state index contributed by atoms with van der Waals surface area (Å²) in [4.78, 5) is 15.3. The first-order valence-corrected chi connectivity index (χ1v) is 6.37. The zero-order chi connectivity index (χ0) is 14.5. The lowest BCUT2D eigenvalue weighted by Gasteiger charge is -2.12. The number of carbonyl (C=O) groups is 1. The number of ether oxygens (including phenoxy) is 1. The van der Waals surface area contributed by atoms with Crippen LogP contribution in [0.25, 0.3) is 11.1 Å². The highest BCUT2D eigenvalue weighted by atomic mass is 35.5. The maximum atomic E-state index is 11.3. The largest absolute Gasteiger partial charge is 0.477 e. The average Bonchev–Trinajstić information content (AvgIpc) is 2.48. The van der Waals surface area contributed by atoms with E-state index in [-0.39, 0.29) is 22.2 Å². The van der Waals surface area contributed by atoms with E-state index in [1.165, 1.54) is 0 Å². The zero-order valence-electron chi connectivity index (χ0n) is 10.8. The molecular formula is C15H11ClN2O2. The molecule has 100 valence electrons. The Morgan fingerprint density at radius 1 is 1.40 bits per heavy atom. The molecular weight excluding hydrogens is 276 g/mol. The van der Waals surface area contributed by atoms with Crippen molar-refractivity contribution in [3.8, 4) is 23.1 Å². The Morgan fingerprint density at radius 2 is 2.10 bits per heavy atom. The monoisotopic (exact) mass is 286 g/mol. The summed E-state index contributed by atoms with van der Waals surface area (Å²) in [5.41, 5.74) is 1.57. The average molecular weight is 287 g/mol. The van der Waals surface area contributed by atoms with E-state index < -0.39 is 0 Å². The molecule has 0 N–H and O–H groups in total. The van der Waals surface area contributed by atoms with Crippen molar-refractivity contribution in [2.24, 2.45) is 0 Å². The molecule has 0 radical (unpaired) electrons. The van der Waals surface area contributed by atoms with Crippen LogP contribution in [0, 0.1) is 11.3 Å². The lowest BCUT2D eigenvalue weighted by Crippen LogP contribution is -2.03. The second kappa shape index (κ2) is 6.18. The number of hydrogen-bond donors (Lipinski definition) is 0. The summed E-state index contributed by atoms with van der Waals surface area (Å²) in [5, 5.41) is 9.40. The summed E-state index contributed by atoms with van der Waals surface area (Å²) in [7, 11) is 0. The first kappa shape index (κ1) is 14.0. The van der Waals surface area contributed by atoms with Crippen LogP contribution in [0.15, 0.2) is 30.3 Å². The van der Waals surface area contributed by atoms with Gasteiger partial charge in [-0.3, -0.25) is 4.79 Å². The Hall–Kier alpha value is -2.38. The van der Waals surface area contributed by atoms with Crippen molar-refractivity contribution in [3.05, 3.63) is 46.6 Å². The Morgan fingerprint density at radius 3 is 2.65 bits per heavy atom.